The van der Waals surface area contributed by atoms with Gasteiger partial charge in [0.05, 0.1) is 5.75 Å². The van der Waals surface area contributed by atoms with E-state index in [0.29, 0.717) is 5.75 Å². The fourth-order valence-electron chi connectivity index (χ4n) is 2.21. The van der Waals surface area contributed by atoms with Crippen LogP contribution in [0.5, 0.6) is 0 Å². The number of hydrogen-bond donors (Lipinski definition) is 0. The summed E-state index contributed by atoms with van der Waals surface area (Å²) in [5.41, 5.74) is 0.812. The molecule has 0 radical (unpaired) electrons. The van der Waals surface area contributed by atoms with Gasteiger partial charge >= 0.3 is 0 Å². The summed E-state index contributed by atoms with van der Waals surface area (Å²) in [5.74, 6) is 0.647. The summed E-state index contributed by atoms with van der Waals surface area (Å²) in [4.78, 5) is 13.5. The lowest BCUT2D eigenvalue weighted by atomic mass is 10.0. The number of thioether (sulfide) groups is 1. The molecule has 20 heavy (non-hydrogen) atoms. The first kappa shape index (κ1) is 12.9. The maximum absolute atomic E-state index is 12.4. The molecule has 0 aromatic heterocycles. The summed E-state index contributed by atoms with van der Waals surface area (Å²) in [6.45, 7) is 0. The number of benzene rings is 3. The van der Waals surface area contributed by atoms with E-state index in [0.717, 1.165) is 21.2 Å². The molecule has 2 heteroatoms. The van der Waals surface area contributed by atoms with Gasteiger partial charge in [0.25, 0.3) is 0 Å². The lowest BCUT2D eigenvalue weighted by Crippen LogP contribution is -2.03. The van der Waals surface area contributed by atoms with Gasteiger partial charge in [0.2, 0.25) is 0 Å². The van der Waals surface area contributed by atoms with Crippen molar-refractivity contribution in [2.24, 2.45) is 0 Å². The number of hydrogen-bond acceptors (Lipinski definition) is 2. The molecule has 0 N–H and O–H groups in total. The molecule has 0 unspecified atom stereocenters. The van der Waals surface area contributed by atoms with Crippen LogP contribution in [-0.4, -0.2) is 11.5 Å². The topological polar surface area (TPSA) is 17.1 Å². The molecule has 1 nitrogen and oxygen atoms in total. The zero-order valence-electron chi connectivity index (χ0n) is 11.0. The van der Waals surface area contributed by atoms with Crippen molar-refractivity contribution in [3.63, 3.8) is 0 Å². The molecule has 0 aliphatic carbocycles. The first-order chi connectivity index (χ1) is 9.84. The lowest BCUT2D eigenvalue weighted by molar-refractivity contribution is 0.102. The first-order valence-corrected chi connectivity index (χ1v) is 7.52. The third-order valence-electron chi connectivity index (χ3n) is 3.20. The maximum Gasteiger partial charge on any atom is 0.173 e. The number of carbonyl (C=O) groups excluding carboxylic acids is 1. The van der Waals surface area contributed by atoms with Crippen LogP contribution in [0.4, 0.5) is 0 Å². The van der Waals surface area contributed by atoms with Crippen LogP contribution in [0.25, 0.3) is 10.8 Å². The van der Waals surface area contributed by atoms with E-state index < -0.39 is 0 Å². The van der Waals surface area contributed by atoms with Gasteiger partial charge in [0.15, 0.2) is 5.78 Å². The average molecular weight is 278 g/mol. The molecule has 0 atom stereocenters. The molecule has 0 saturated carbocycles. The van der Waals surface area contributed by atoms with Crippen LogP contribution in [-0.2, 0) is 0 Å². The van der Waals surface area contributed by atoms with Crippen LogP contribution < -0.4 is 0 Å². The standard InChI is InChI=1S/C18H14OS/c19-18(13-20-15-9-2-1-3-10-15)17-12-6-8-14-7-4-5-11-16(14)17/h1-12H,13H2. The van der Waals surface area contributed by atoms with E-state index in [9.17, 15) is 4.79 Å². The Kier molecular flexibility index (Phi) is 3.84. The maximum atomic E-state index is 12.4. The molecule has 0 saturated heterocycles. The van der Waals surface area contributed by atoms with Crippen molar-refractivity contribution in [2.45, 2.75) is 4.90 Å². The van der Waals surface area contributed by atoms with Gasteiger partial charge in [-0.05, 0) is 22.9 Å². The quantitative estimate of drug-likeness (QED) is 0.503. The minimum Gasteiger partial charge on any atom is -0.293 e. The third-order valence-corrected chi connectivity index (χ3v) is 4.22. The second-order valence-electron chi connectivity index (χ2n) is 4.55. The Balaban J connectivity index is 1.82. The van der Waals surface area contributed by atoms with Gasteiger partial charge in [-0.3, -0.25) is 4.79 Å². The Labute approximate surface area is 122 Å². The average Bonchev–Trinajstić information content (AvgIpc) is 2.53. The molecular formula is C18H14OS. The van der Waals surface area contributed by atoms with Crippen LogP contribution in [0.2, 0.25) is 0 Å². The Morgan fingerprint density at radius 1 is 0.800 bits per heavy atom. The van der Waals surface area contributed by atoms with Crippen molar-refractivity contribution in [3.05, 3.63) is 78.4 Å². The van der Waals surface area contributed by atoms with Crippen molar-refractivity contribution in [1.29, 1.82) is 0 Å². The molecule has 0 bridgehead atoms. The van der Waals surface area contributed by atoms with E-state index in [4.69, 9.17) is 0 Å². The van der Waals surface area contributed by atoms with E-state index >= 15 is 0 Å². The van der Waals surface area contributed by atoms with Crippen LogP contribution >= 0.6 is 11.8 Å². The lowest BCUT2D eigenvalue weighted by Gasteiger charge is -2.05. The second kappa shape index (κ2) is 5.93. The highest BCUT2D eigenvalue weighted by Gasteiger charge is 2.09. The second-order valence-corrected chi connectivity index (χ2v) is 5.60. The Hall–Kier alpha value is -2.06. The van der Waals surface area contributed by atoms with Crippen LogP contribution in [0.15, 0.2) is 77.7 Å². The van der Waals surface area contributed by atoms with Crippen molar-refractivity contribution < 1.29 is 4.79 Å². The summed E-state index contributed by atoms with van der Waals surface area (Å²) in [7, 11) is 0. The Bertz CT molecular complexity index is 729. The zero-order chi connectivity index (χ0) is 13.8. The van der Waals surface area contributed by atoms with E-state index in [1.54, 1.807) is 11.8 Å². The molecule has 3 rings (SSSR count). The number of rotatable bonds is 4. The molecule has 0 amide bonds. The summed E-state index contributed by atoms with van der Waals surface area (Å²) < 4.78 is 0. The Morgan fingerprint density at radius 2 is 1.50 bits per heavy atom. The zero-order valence-corrected chi connectivity index (χ0v) is 11.8. The molecule has 0 heterocycles. The van der Waals surface area contributed by atoms with Crippen LogP contribution in [0.3, 0.4) is 0 Å². The van der Waals surface area contributed by atoms with E-state index in [1.807, 2.05) is 72.8 Å². The van der Waals surface area contributed by atoms with Crippen molar-refractivity contribution in [3.8, 4) is 0 Å². The van der Waals surface area contributed by atoms with Gasteiger partial charge in [-0.15, -0.1) is 11.8 Å². The molecule has 3 aromatic carbocycles. The number of ketones is 1. The molecular weight excluding hydrogens is 264 g/mol. The first-order valence-electron chi connectivity index (χ1n) is 6.53. The van der Waals surface area contributed by atoms with Crippen molar-refractivity contribution >= 4 is 28.3 Å². The van der Waals surface area contributed by atoms with Crippen LogP contribution in [0.1, 0.15) is 10.4 Å². The van der Waals surface area contributed by atoms with E-state index in [1.165, 1.54) is 0 Å². The fraction of sp³-hybridized carbons (Fsp3) is 0.0556. The highest BCUT2D eigenvalue weighted by molar-refractivity contribution is 8.00. The molecule has 98 valence electrons. The van der Waals surface area contributed by atoms with Gasteiger partial charge in [0, 0.05) is 10.5 Å². The summed E-state index contributed by atoms with van der Waals surface area (Å²) >= 11 is 1.58. The molecule has 0 aliphatic rings. The van der Waals surface area contributed by atoms with E-state index in [-0.39, 0.29) is 5.78 Å². The number of fused-ring (bicyclic) bond motifs is 1. The predicted octanol–water partition coefficient (Wildman–Crippen LogP) is 4.81. The number of Topliss-reactive ketones (excluding diaryl/α,β-unsaturated/α-hetero) is 1. The summed E-state index contributed by atoms with van der Waals surface area (Å²) in [6.07, 6.45) is 0. The number of carbonyl (C=O) groups is 1. The predicted molar refractivity (Wildman–Crippen MR) is 85.4 cm³/mol. The molecule has 0 fully saturated rings. The summed E-state index contributed by atoms with van der Waals surface area (Å²) in [5, 5.41) is 2.15. The van der Waals surface area contributed by atoms with Gasteiger partial charge in [-0.25, -0.2) is 0 Å². The molecule has 0 aliphatic heterocycles. The van der Waals surface area contributed by atoms with Crippen molar-refractivity contribution in [2.75, 3.05) is 5.75 Å². The van der Waals surface area contributed by atoms with Crippen molar-refractivity contribution in [1.82, 2.24) is 0 Å². The summed E-state index contributed by atoms with van der Waals surface area (Å²) in [6, 6.07) is 23.9. The molecule has 3 aromatic rings. The highest BCUT2D eigenvalue weighted by atomic mass is 32.2. The SMILES string of the molecule is O=C(CSc1ccccc1)c1cccc2ccccc12. The van der Waals surface area contributed by atoms with Gasteiger partial charge in [-0.2, -0.15) is 0 Å². The monoisotopic (exact) mass is 278 g/mol. The highest BCUT2D eigenvalue weighted by Crippen LogP contribution is 2.23. The minimum atomic E-state index is 0.177. The fourth-order valence-corrected chi connectivity index (χ4v) is 3.01. The normalized spacial score (nSPS) is 10.6. The van der Waals surface area contributed by atoms with Gasteiger partial charge < -0.3 is 0 Å². The van der Waals surface area contributed by atoms with Gasteiger partial charge in [-0.1, -0.05) is 60.7 Å². The van der Waals surface area contributed by atoms with Crippen LogP contribution in [0, 0.1) is 0 Å². The molecule has 0 spiro atoms. The van der Waals surface area contributed by atoms with Gasteiger partial charge in [0.1, 0.15) is 0 Å². The largest absolute Gasteiger partial charge is 0.293 e. The smallest absolute Gasteiger partial charge is 0.173 e. The van der Waals surface area contributed by atoms with E-state index in [2.05, 4.69) is 0 Å². The Morgan fingerprint density at radius 3 is 2.35 bits per heavy atom. The third kappa shape index (κ3) is 2.75. The minimum absolute atomic E-state index is 0.177.